The molecule has 7 heteroatoms. The van der Waals surface area contributed by atoms with Gasteiger partial charge in [0.2, 0.25) is 0 Å². The van der Waals surface area contributed by atoms with Gasteiger partial charge in [0.05, 0.1) is 6.10 Å². The van der Waals surface area contributed by atoms with Crippen molar-refractivity contribution in [3.8, 4) is 0 Å². The Morgan fingerprint density at radius 2 is 2.35 bits per heavy atom. The van der Waals surface area contributed by atoms with Gasteiger partial charge in [0.1, 0.15) is 10.8 Å². The van der Waals surface area contributed by atoms with Crippen molar-refractivity contribution in [2.45, 2.75) is 34.9 Å². The van der Waals surface area contributed by atoms with Crippen LogP contribution in [0.1, 0.15) is 13.3 Å². The predicted octanol–water partition coefficient (Wildman–Crippen LogP) is 1.75. The van der Waals surface area contributed by atoms with Crippen LogP contribution in [-0.2, 0) is 4.74 Å². The molecule has 0 radical (unpaired) electrons. The van der Waals surface area contributed by atoms with E-state index in [0.717, 1.165) is 23.2 Å². The van der Waals surface area contributed by atoms with Gasteiger partial charge >= 0.3 is 0 Å². The summed E-state index contributed by atoms with van der Waals surface area (Å²) in [6.45, 7) is 2.94. The van der Waals surface area contributed by atoms with Gasteiger partial charge in [-0.25, -0.2) is 15.8 Å². The fourth-order valence-corrected chi connectivity index (χ4v) is 3.20. The lowest BCUT2D eigenvalue weighted by atomic mass is 10.3. The fourth-order valence-electron chi connectivity index (χ4n) is 1.65. The second-order valence-corrected chi connectivity index (χ2v) is 5.78. The summed E-state index contributed by atoms with van der Waals surface area (Å²) >= 11 is 3.24. The quantitative estimate of drug-likeness (QED) is 0.284. The lowest BCUT2D eigenvalue weighted by Gasteiger charge is -2.13. The van der Waals surface area contributed by atoms with Crippen molar-refractivity contribution in [2.24, 2.45) is 5.84 Å². The largest absolute Gasteiger partial charge is 0.377 e. The van der Waals surface area contributed by atoms with E-state index < -0.39 is 0 Å². The molecule has 0 bridgehead atoms. The number of hydrogen-bond donors (Lipinski definition) is 2. The number of nitrogens with one attached hydrogen (secondary N) is 1. The molecule has 0 spiro atoms. The van der Waals surface area contributed by atoms with Crippen molar-refractivity contribution in [2.75, 3.05) is 18.3 Å². The number of rotatable bonds is 4. The molecule has 2 atom stereocenters. The number of nitrogen functional groups attached to an aromatic ring is 1. The van der Waals surface area contributed by atoms with Crippen LogP contribution in [0.3, 0.4) is 0 Å². The normalized spacial score (nSPS) is 23.9. The van der Waals surface area contributed by atoms with Crippen LogP contribution < -0.4 is 11.3 Å². The molecular formula is C10H16N4OS2. The number of hydrazine groups is 1. The van der Waals surface area contributed by atoms with Gasteiger partial charge in [-0.3, -0.25) is 0 Å². The first kappa shape index (κ1) is 12.9. The van der Waals surface area contributed by atoms with Crippen LogP contribution in [0.25, 0.3) is 0 Å². The summed E-state index contributed by atoms with van der Waals surface area (Å²) in [7, 11) is 0. The van der Waals surface area contributed by atoms with Crippen molar-refractivity contribution >= 4 is 29.3 Å². The van der Waals surface area contributed by atoms with Crippen LogP contribution in [0.5, 0.6) is 0 Å². The molecule has 2 heterocycles. The summed E-state index contributed by atoms with van der Waals surface area (Å²) in [6.07, 6.45) is 3.29. The van der Waals surface area contributed by atoms with E-state index in [1.54, 1.807) is 11.8 Å². The Bertz CT molecular complexity index is 368. The van der Waals surface area contributed by atoms with E-state index in [1.165, 1.54) is 11.8 Å². The van der Waals surface area contributed by atoms with Crippen molar-refractivity contribution in [1.29, 1.82) is 0 Å². The Morgan fingerprint density at radius 1 is 1.53 bits per heavy atom. The van der Waals surface area contributed by atoms with Crippen molar-refractivity contribution in [3.63, 3.8) is 0 Å². The topological polar surface area (TPSA) is 73.1 Å². The first-order valence-electron chi connectivity index (χ1n) is 5.41. The van der Waals surface area contributed by atoms with Gasteiger partial charge < -0.3 is 10.2 Å². The molecule has 1 aliphatic heterocycles. The maximum Gasteiger partial charge on any atom is 0.190 e. The summed E-state index contributed by atoms with van der Waals surface area (Å²) in [5.41, 5.74) is 2.57. The molecule has 1 saturated heterocycles. The Morgan fingerprint density at radius 3 is 2.94 bits per heavy atom. The van der Waals surface area contributed by atoms with Gasteiger partial charge in [-0.1, -0.05) is 11.8 Å². The van der Waals surface area contributed by atoms with Gasteiger partial charge in [0.25, 0.3) is 0 Å². The highest BCUT2D eigenvalue weighted by Crippen LogP contribution is 2.32. The molecule has 1 aromatic heterocycles. The Kier molecular flexibility index (Phi) is 4.49. The molecule has 2 rings (SSSR count). The third-order valence-corrected chi connectivity index (χ3v) is 4.51. The summed E-state index contributed by atoms with van der Waals surface area (Å²) in [5, 5.41) is 2.14. The third-order valence-electron chi connectivity index (χ3n) is 2.59. The van der Waals surface area contributed by atoms with Crippen LogP contribution in [0.15, 0.2) is 16.2 Å². The van der Waals surface area contributed by atoms with Crippen LogP contribution in [0.4, 0.5) is 5.82 Å². The average Bonchev–Trinajstić information content (AvgIpc) is 2.74. The third kappa shape index (κ3) is 3.25. The molecule has 1 aromatic rings. The number of nitrogens with two attached hydrogens (primary N) is 1. The van der Waals surface area contributed by atoms with Gasteiger partial charge in [-0.05, 0) is 19.6 Å². The molecule has 94 valence electrons. The Balaban J connectivity index is 2.14. The zero-order chi connectivity index (χ0) is 12.3. The Hall–Kier alpha value is -0.500. The molecule has 2 unspecified atom stereocenters. The molecule has 0 aliphatic carbocycles. The van der Waals surface area contributed by atoms with E-state index in [2.05, 4.69) is 22.3 Å². The van der Waals surface area contributed by atoms with E-state index >= 15 is 0 Å². The molecule has 0 aromatic carbocycles. The molecule has 5 nitrogen and oxygen atoms in total. The molecule has 17 heavy (non-hydrogen) atoms. The molecule has 0 saturated carbocycles. The van der Waals surface area contributed by atoms with Crippen molar-refractivity contribution in [3.05, 3.63) is 6.07 Å². The standard InChI is InChI=1S/C10H16N4OS2/c1-6-7(3-4-15-6)17-9-5-8(14-11)12-10(13-9)16-2/h5-7H,3-4,11H2,1-2H3,(H,12,13,14). The van der Waals surface area contributed by atoms with Crippen molar-refractivity contribution < 1.29 is 4.74 Å². The highest BCUT2D eigenvalue weighted by Gasteiger charge is 2.25. The summed E-state index contributed by atoms with van der Waals surface area (Å²) in [6, 6.07) is 1.87. The van der Waals surface area contributed by atoms with Gasteiger partial charge in [0.15, 0.2) is 5.16 Å². The number of aromatic nitrogens is 2. The lowest BCUT2D eigenvalue weighted by molar-refractivity contribution is 0.127. The molecule has 1 fully saturated rings. The fraction of sp³-hybridized carbons (Fsp3) is 0.600. The van der Waals surface area contributed by atoms with E-state index in [9.17, 15) is 0 Å². The maximum absolute atomic E-state index is 5.54. The number of anilines is 1. The first-order valence-corrected chi connectivity index (χ1v) is 7.51. The minimum absolute atomic E-state index is 0.280. The van der Waals surface area contributed by atoms with E-state index in [-0.39, 0.29) is 6.10 Å². The highest BCUT2D eigenvalue weighted by atomic mass is 32.2. The summed E-state index contributed by atoms with van der Waals surface area (Å²) in [5.74, 6) is 6.05. The second kappa shape index (κ2) is 5.90. The molecule has 1 aliphatic rings. The van der Waals surface area contributed by atoms with Crippen LogP contribution >= 0.6 is 23.5 Å². The average molecular weight is 272 g/mol. The van der Waals surface area contributed by atoms with Crippen LogP contribution in [-0.4, -0.2) is 34.2 Å². The lowest BCUT2D eigenvalue weighted by Crippen LogP contribution is -2.14. The summed E-state index contributed by atoms with van der Waals surface area (Å²) < 4.78 is 5.54. The zero-order valence-corrected chi connectivity index (χ0v) is 11.5. The SMILES string of the molecule is CSc1nc(NN)cc(SC2CCOC2C)n1. The predicted molar refractivity (Wildman–Crippen MR) is 71.3 cm³/mol. The van der Waals surface area contributed by atoms with Crippen LogP contribution in [0, 0.1) is 0 Å². The maximum atomic E-state index is 5.54. The minimum Gasteiger partial charge on any atom is -0.377 e. The minimum atomic E-state index is 0.280. The number of hydrogen-bond acceptors (Lipinski definition) is 7. The molecule has 3 N–H and O–H groups in total. The number of nitrogens with zero attached hydrogens (tertiary/aromatic N) is 2. The monoisotopic (exact) mass is 272 g/mol. The smallest absolute Gasteiger partial charge is 0.190 e. The molecule has 0 amide bonds. The number of ether oxygens (including phenoxy) is 1. The van der Waals surface area contributed by atoms with Gasteiger partial charge in [-0.15, -0.1) is 11.8 Å². The number of thioether (sulfide) groups is 2. The Labute approximate surface area is 109 Å². The van der Waals surface area contributed by atoms with Gasteiger partial charge in [-0.2, -0.15) is 0 Å². The summed E-state index contributed by atoms with van der Waals surface area (Å²) in [4.78, 5) is 8.70. The van der Waals surface area contributed by atoms with E-state index in [0.29, 0.717) is 11.1 Å². The highest BCUT2D eigenvalue weighted by molar-refractivity contribution is 8.00. The molecular weight excluding hydrogens is 256 g/mol. The van der Waals surface area contributed by atoms with E-state index in [4.69, 9.17) is 10.6 Å². The van der Waals surface area contributed by atoms with Crippen LogP contribution in [0.2, 0.25) is 0 Å². The van der Waals surface area contributed by atoms with E-state index in [1.807, 2.05) is 12.3 Å². The second-order valence-electron chi connectivity index (χ2n) is 3.74. The van der Waals surface area contributed by atoms with Gasteiger partial charge in [0, 0.05) is 17.9 Å². The first-order chi connectivity index (χ1) is 8.22. The van der Waals surface area contributed by atoms with Crippen molar-refractivity contribution in [1.82, 2.24) is 9.97 Å². The zero-order valence-electron chi connectivity index (χ0n) is 9.84.